The molecule has 3 N–H and O–H groups in total. The van der Waals surface area contributed by atoms with Gasteiger partial charge in [-0.1, -0.05) is 12.2 Å². The molecule has 0 aromatic carbocycles. The molecule has 0 aromatic heterocycles. The molecule has 7 nitrogen and oxygen atoms in total. The molecule has 1 fully saturated rings. The summed E-state index contributed by atoms with van der Waals surface area (Å²) in [6.07, 6.45) is 4.34. The van der Waals surface area contributed by atoms with Crippen LogP contribution in [0.1, 0.15) is 12.8 Å². The Morgan fingerprint density at radius 1 is 1.42 bits per heavy atom. The highest BCUT2D eigenvalue weighted by atomic mass is 32.2. The van der Waals surface area contributed by atoms with Crippen LogP contribution < -0.4 is 10.5 Å². The fourth-order valence-corrected chi connectivity index (χ4v) is 3.10. The van der Waals surface area contributed by atoms with Gasteiger partial charge in [0, 0.05) is 26.2 Å². The third-order valence-electron chi connectivity index (χ3n) is 3.01. The number of rotatable bonds is 6. The number of hydrogen-bond donors (Lipinski definition) is 2. The van der Waals surface area contributed by atoms with E-state index in [0.29, 0.717) is 32.5 Å². The lowest BCUT2D eigenvalue weighted by atomic mass is 9.99. The van der Waals surface area contributed by atoms with Crippen molar-refractivity contribution in [2.24, 2.45) is 11.7 Å². The first-order valence-corrected chi connectivity index (χ1v) is 7.63. The molecule has 0 atom stereocenters. The van der Waals surface area contributed by atoms with Crippen LogP contribution in [-0.4, -0.2) is 52.0 Å². The minimum Gasteiger partial charge on any atom is -0.469 e. The largest absolute Gasteiger partial charge is 0.469 e. The number of esters is 1. The van der Waals surface area contributed by atoms with Crippen molar-refractivity contribution >= 4 is 16.2 Å². The highest BCUT2D eigenvalue weighted by Crippen LogP contribution is 2.19. The van der Waals surface area contributed by atoms with Crippen molar-refractivity contribution < 1.29 is 17.9 Å². The number of nitrogens with zero attached hydrogens (tertiary/aromatic N) is 1. The van der Waals surface area contributed by atoms with Gasteiger partial charge in [0.15, 0.2) is 0 Å². The Labute approximate surface area is 114 Å². The minimum absolute atomic E-state index is 0.200. The van der Waals surface area contributed by atoms with E-state index in [1.807, 2.05) is 0 Å². The Morgan fingerprint density at radius 2 is 2.05 bits per heavy atom. The van der Waals surface area contributed by atoms with Crippen molar-refractivity contribution in [3.63, 3.8) is 0 Å². The molecule has 1 heterocycles. The maximum atomic E-state index is 11.9. The number of piperidine rings is 1. The second-order valence-electron chi connectivity index (χ2n) is 4.26. The van der Waals surface area contributed by atoms with Crippen molar-refractivity contribution in [1.82, 2.24) is 9.03 Å². The molecule has 0 amide bonds. The molecule has 0 radical (unpaired) electrons. The van der Waals surface area contributed by atoms with Crippen molar-refractivity contribution in [2.45, 2.75) is 12.8 Å². The van der Waals surface area contributed by atoms with Gasteiger partial charge in [0.05, 0.1) is 13.0 Å². The molecule has 19 heavy (non-hydrogen) atoms. The van der Waals surface area contributed by atoms with Gasteiger partial charge in [-0.15, -0.1) is 0 Å². The summed E-state index contributed by atoms with van der Waals surface area (Å²) in [6, 6.07) is 0. The van der Waals surface area contributed by atoms with E-state index in [1.54, 1.807) is 12.2 Å². The summed E-state index contributed by atoms with van der Waals surface area (Å²) in [5, 5.41) is 0. The number of carbonyl (C=O) groups is 1. The van der Waals surface area contributed by atoms with E-state index in [9.17, 15) is 13.2 Å². The Hall–Kier alpha value is -0.960. The first kappa shape index (κ1) is 16.1. The SMILES string of the molecule is COC(=O)C1CCN(S(=O)(=O)NC/C=C/CN)CC1. The minimum atomic E-state index is -3.48. The first-order chi connectivity index (χ1) is 9.01. The number of nitrogens with two attached hydrogens (primary N) is 1. The number of nitrogens with one attached hydrogen (secondary N) is 1. The molecule has 0 saturated carbocycles. The summed E-state index contributed by atoms with van der Waals surface area (Å²) in [6.45, 7) is 1.26. The van der Waals surface area contributed by atoms with Gasteiger partial charge < -0.3 is 10.5 Å². The number of methoxy groups -OCH3 is 1. The summed E-state index contributed by atoms with van der Waals surface area (Å²) in [5.74, 6) is -0.468. The van der Waals surface area contributed by atoms with E-state index in [-0.39, 0.29) is 18.4 Å². The zero-order valence-electron chi connectivity index (χ0n) is 11.0. The average Bonchev–Trinajstić information content (AvgIpc) is 2.43. The molecular formula is C11H21N3O4S. The Balaban J connectivity index is 2.45. The van der Waals surface area contributed by atoms with E-state index in [4.69, 9.17) is 5.73 Å². The van der Waals surface area contributed by atoms with Crippen LogP contribution in [0.25, 0.3) is 0 Å². The molecule has 1 saturated heterocycles. The lowest BCUT2D eigenvalue weighted by Crippen LogP contribution is -2.46. The van der Waals surface area contributed by atoms with Crippen LogP contribution in [0.3, 0.4) is 0 Å². The van der Waals surface area contributed by atoms with Crippen LogP contribution in [0.5, 0.6) is 0 Å². The molecule has 0 bridgehead atoms. The Morgan fingerprint density at radius 3 is 2.58 bits per heavy atom. The Kier molecular flexibility index (Phi) is 6.43. The first-order valence-electron chi connectivity index (χ1n) is 6.19. The van der Waals surface area contributed by atoms with Crippen molar-refractivity contribution in [2.75, 3.05) is 33.3 Å². The molecule has 1 aliphatic heterocycles. The quantitative estimate of drug-likeness (QED) is 0.494. The van der Waals surface area contributed by atoms with Gasteiger partial charge in [-0.3, -0.25) is 4.79 Å². The highest BCUT2D eigenvalue weighted by molar-refractivity contribution is 7.87. The zero-order chi connectivity index (χ0) is 14.3. The summed E-state index contributed by atoms with van der Waals surface area (Å²) >= 11 is 0. The standard InChI is InChI=1S/C11H21N3O4S/c1-18-11(15)10-4-8-14(9-5-10)19(16,17)13-7-3-2-6-12/h2-3,10,13H,4-9,12H2,1H3/b3-2+. The van der Waals surface area contributed by atoms with Crippen LogP contribution in [0.2, 0.25) is 0 Å². The fourth-order valence-electron chi connectivity index (χ4n) is 1.92. The molecule has 8 heteroatoms. The van der Waals surface area contributed by atoms with Gasteiger partial charge >= 0.3 is 5.97 Å². The van der Waals surface area contributed by atoms with Gasteiger partial charge in [0.1, 0.15) is 0 Å². The maximum absolute atomic E-state index is 11.9. The normalized spacial score (nSPS) is 18.8. The predicted octanol–water partition coefficient (Wildman–Crippen LogP) is -0.779. The second kappa shape index (κ2) is 7.59. The number of ether oxygens (including phenoxy) is 1. The van der Waals surface area contributed by atoms with Gasteiger partial charge in [-0.2, -0.15) is 17.4 Å². The van der Waals surface area contributed by atoms with Crippen LogP contribution in [0, 0.1) is 5.92 Å². The van der Waals surface area contributed by atoms with E-state index in [2.05, 4.69) is 9.46 Å². The smallest absolute Gasteiger partial charge is 0.308 e. The Bertz CT molecular complexity index is 414. The maximum Gasteiger partial charge on any atom is 0.308 e. The van der Waals surface area contributed by atoms with Gasteiger partial charge in [0.25, 0.3) is 10.2 Å². The van der Waals surface area contributed by atoms with E-state index >= 15 is 0 Å². The summed E-state index contributed by atoms with van der Waals surface area (Å²) < 4.78 is 32.3. The van der Waals surface area contributed by atoms with Crippen LogP contribution >= 0.6 is 0 Å². The van der Waals surface area contributed by atoms with Crippen LogP contribution in [0.15, 0.2) is 12.2 Å². The van der Waals surface area contributed by atoms with E-state index in [0.717, 1.165) is 0 Å². The highest BCUT2D eigenvalue weighted by Gasteiger charge is 2.31. The molecule has 0 aromatic rings. The van der Waals surface area contributed by atoms with Crippen LogP contribution in [0.4, 0.5) is 0 Å². The monoisotopic (exact) mass is 291 g/mol. The summed E-state index contributed by atoms with van der Waals surface area (Å²) in [7, 11) is -2.14. The van der Waals surface area contributed by atoms with Crippen molar-refractivity contribution in [1.29, 1.82) is 0 Å². The number of hydrogen-bond acceptors (Lipinski definition) is 5. The topological polar surface area (TPSA) is 102 Å². The lowest BCUT2D eigenvalue weighted by Gasteiger charge is -2.29. The molecule has 1 aliphatic rings. The molecule has 110 valence electrons. The third-order valence-corrected chi connectivity index (χ3v) is 4.59. The van der Waals surface area contributed by atoms with E-state index < -0.39 is 10.2 Å². The third kappa shape index (κ3) is 4.90. The lowest BCUT2D eigenvalue weighted by molar-refractivity contribution is -0.146. The zero-order valence-corrected chi connectivity index (χ0v) is 11.9. The molecule has 0 aliphatic carbocycles. The van der Waals surface area contributed by atoms with Gasteiger partial charge in [-0.25, -0.2) is 0 Å². The second-order valence-corrected chi connectivity index (χ2v) is 6.01. The number of carbonyl (C=O) groups excluding carboxylic acids is 1. The van der Waals surface area contributed by atoms with Gasteiger partial charge in [0.2, 0.25) is 0 Å². The molecule has 0 spiro atoms. The summed E-state index contributed by atoms with van der Waals surface area (Å²) in [4.78, 5) is 11.3. The van der Waals surface area contributed by atoms with Crippen LogP contribution in [-0.2, 0) is 19.7 Å². The average molecular weight is 291 g/mol. The molecular weight excluding hydrogens is 270 g/mol. The molecule has 0 unspecified atom stereocenters. The van der Waals surface area contributed by atoms with E-state index in [1.165, 1.54) is 11.4 Å². The van der Waals surface area contributed by atoms with Crippen molar-refractivity contribution in [3.8, 4) is 0 Å². The molecule has 1 rings (SSSR count). The van der Waals surface area contributed by atoms with Gasteiger partial charge in [-0.05, 0) is 12.8 Å². The summed E-state index contributed by atoms with van der Waals surface area (Å²) in [5.41, 5.74) is 5.26. The predicted molar refractivity (Wildman–Crippen MR) is 71.4 cm³/mol. The van der Waals surface area contributed by atoms with Crippen molar-refractivity contribution in [3.05, 3.63) is 12.2 Å². The fraction of sp³-hybridized carbons (Fsp3) is 0.727.